The van der Waals surface area contributed by atoms with Crippen molar-refractivity contribution in [2.24, 2.45) is 0 Å². The van der Waals surface area contributed by atoms with Crippen LogP contribution in [0, 0.1) is 18.3 Å². The Morgan fingerprint density at radius 3 is 3.03 bits per heavy atom. The van der Waals surface area contributed by atoms with Crippen molar-refractivity contribution in [3.05, 3.63) is 58.0 Å². The van der Waals surface area contributed by atoms with E-state index in [9.17, 15) is 14.9 Å². The molecule has 1 aliphatic carbocycles. The van der Waals surface area contributed by atoms with Gasteiger partial charge in [0.15, 0.2) is 0 Å². The van der Waals surface area contributed by atoms with Crippen LogP contribution < -0.4 is 10.6 Å². The average Bonchev–Trinajstić information content (AvgIpc) is 3.50. The molecular formula is C21H19N5O5S. The molecule has 0 saturated carbocycles. The van der Waals surface area contributed by atoms with Crippen molar-refractivity contribution >= 4 is 34.4 Å². The highest BCUT2D eigenvalue weighted by molar-refractivity contribution is 7.16. The number of nitrogens with one attached hydrogen (secondary N) is 2. The number of aromatic nitrogens is 2. The molecule has 11 heteroatoms. The van der Waals surface area contributed by atoms with Crippen molar-refractivity contribution in [2.45, 2.75) is 38.8 Å². The highest BCUT2D eigenvalue weighted by Crippen LogP contribution is 2.38. The van der Waals surface area contributed by atoms with Crippen LogP contribution in [-0.4, -0.2) is 28.3 Å². The number of hydrogen-bond acceptors (Lipinski definition) is 9. The van der Waals surface area contributed by atoms with Crippen molar-refractivity contribution in [1.29, 1.82) is 5.26 Å². The molecule has 0 radical (unpaired) electrons. The van der Waals surface area contributed by atoms with Gasteiger partial charge < -0.3 is 24.2 Å². The summed E-state index contributed by atoms with van der Waals surface area (Å²) in [4.78, 5) is 25.3. The first-order valence-electron chi connectivity index (χ1n) is 9.82. The smallest absolute Gasteiger partial charge is 0.407 e. The number of anilines is 1. The standard InChI is InChI=1S/C21H19N5O5S/c1-12-25-26-19(30-12)11-23-21(28)31-14-4-6-15-16(10-22)20(32-17(15)9-14)24-18(27)7-5-13-3-2-8-29-13/h2-3,5,7-8,14H,4,6,9,11H2,1H3,(H,23,28)(H,24,27). The molecule has 2 amide bonds. The van der Waals surface area contributed by atoms with Crippen LogP contribution in [0.25, 0.3) is 6.08 Å². The van der Waals surface area contributed by atoms with E-state index < -0.39 is 6.09 Å². The number of aryl methyl sites for hydroxylation is 1. The number of thiophene rings is 1. The fourth-order valence-corrected chi connectivity index (χ4v) is 4.58. The molecule has 3 aromatic rings. The maximum absolute atomic E-state index is 12.3. The number of carbonyl (C=O) groups excluding carboxylic acids is 2. The Bertz CT molecular complexity index is 1190. The Hall–Kier alpha value is -3.91. The summed E-state index contributed by atoms with van der Waals surface area (Å²) in [7, 11) is 0. The maximum Gasteiger partial charge on any atom is 0.407 e. The zero-order valence-corrected chi connectivity index (χ0v) is 17.9. The molecule has 0 saturated heterocycles. The number of hydrogen-bond donors (Lipinski definition) is 2. The van der Waals surface area contributed by atoms with Crippen LogP contribution in [0.15, 0.2) is 33.3 Å². The molecule has 0 aromatic carbocycles. The Labute approximate surface area is 186 Å². The van der Waals surface area contributed by atoms with Crippen LogP contribution in [0.4, 0.5) is 9.80 Å². The quantitative estimate of drug-likeness (QED) is 0.541. The van der Waals surface area contributed by atoms with Gasteiger partial charge in [0, 0.05) is 24.3 Å². The van der Waals surface area contributed by atoms with E-state index in [-0.39, 0.29) is 18.6 Å². The normalized spacial score (nSPS) is 15.2. The number of carbonyl (C=O) groups is 2. The SMILES string of the molecule is Cc1nnc(CNC(=O)OC2CCc3c(sc(NC(=O)C=Cc4ccco4)c3C#N)C2)o1. The van der Waals surface area contributed by atoms with Gasteiger partial charge in [-0.2, -0.15) is 5.26 Å². The van der Waals surface area contributed by atoms with Crippen molar-refractivity contribution in [1.82, 2.24) is 15.5 Å². The third-order valence-corrected chi connectivity index (χ3v) is 5.91. The fraction of sp³-hybridized carbons (Fsp3) is 0.286. The second kappa shape index (κ2) is 9.49. The van der Waals surface area contributed by atoms with Gasteiger partial charge in [-0.25, -0.2) is 4.79 Å². The van der Waals surface area contributed by atoms with Crippen LogP contribution in [0.1, 0.15) is 40.0 Å². The molecule has 2 N–H and O–H groups in total. The van der Waals surface area contributed by atoms with Gasteiger partial charge in [0.1, 0.15) is 22.9 Å². The van der Waals surface area contributed by atoms with E-state index in [0.717, 1.165) is 10.4 Å². The lowest BCUT2D eigenvalue weighted by Crippen LogP contribution is -2.31. The molecule has 3 heterocycles. The monoisotopic (exact) mass is 453 g/mol. The summed E-state index contributed by atoms with van der Waals surface area (Å²) in [6.45, 7) is 1.74. The Morgan fingerprint density at radius 1 is 1.44 bits per heavy atom. The topological polar surface area (TPSA) is 143 Å². The van der Waals surface area contributed by atoms with E-state index >= 15 is 0 Å². The molecule has 0 fully saturated rings. The van der Waals surface area contributed by atoms with E-state index in [1.54, 1.807) is 25.1 Å². The summed E-state index contributed by atoms with van der Waals surface area (Å²) in [6, 6.07) is 5.64. The summed E-state index contributed by atoms with van der Waals surface area (Å²) >= 11 is 1.33. The summed E-state index contributed by atoms with van der Waals surface area (Å²) in [6.07, 6.45) is 5.13. The van der Waals surface area contributed by atoms with Crippen molar-refractivity contribution in [2.75, 3.05) is 5.32 Å². The zero-order valence-electron chi connectivity index (χ0n) is 17.1. The Kier molecular flexibility index (Phi) is 6.32. The van der Waals surface area contributed by atoms with Crippen LogP contribution >= 0.6 is 11.3 Å². The van der Waals surface area contributed by atoms with Gasteiger partial charge in [-0.3, -0.25) is 4.79 Å². The molecule has 1 atom stereocenters. The molecule has 0 spiro atoms. The number of fused-ring (bicyclic) bond motifs is 1. The van der Waals surface area contributed by atoms with E-state index in [1.807, 2.05) is 0 Å². The molecule has 4 rings (SSSR count). The fourth-order valence-electron chi connectivity index (χ4n) is 3.31. The molecule has 0 bridgehead atoms. The minimum Gasteiger partial charge on any atom is -0.465 e. The molecule has 3 aromatic heterocycles. The van der Waals surface area contributed by atoms with E-state index in [2.05, 4.69) is 26.9 Å². The number of furan rings is 1. The minimum absolute atomic E-state index is 0.0803. The van der Waals surface area contributed by atoms with Crippen molar-refractivity contribution in [3.63, 3.8) is 0 Å². The maximum atomic E-state index is 12.3. The van der Waals surface area contributed by atoms with Crippen LogP contribution in [0.5, 0.6) is 0 Å². The predicted molar refractivity (Wildman–Crippen MR) is 114 cm³/mol. The summed E-state index contributed by atoms with van der Waals surface area (Å²) < 4.78 is 15.9. The second-order valence-electron chi connectivity index (χ2n) is 7.00. The van der Waals surface area contributed by atoms with Crippen molar-refractivity contribution in [3.8, 4) is 6.07 Å². The molecule has 32 heavy (non-hydrogen) atoms. The highest BCUT2D eigenvalue weighted by atomic mass is 32.1. The first-order chi connectivity index (χ1) is 15.5. The van der Waals surface area contributed by atoms with Gasteiger partial charge in [0.25, 0.3) is 0 Å². The van der Waals surface area contributed by atoms with E-state index in [4.69, 9.17) is 13.6 Å². The van der Waals surface area contributed by atoms with Crippen LogP contribution in [-0.2, 0) is 28.9 Å². The largest absolute Gasteiger partial charge is 0.465 e. The van der Waals surface area contributed by atoms with Gasteiger partial charge in [-0.15, -0.1) is 21.5 Å². The molecule has 10 nitrogen and oxygen atoms in total. The lowest BCUT2D eigenvalue weighted by atomic mass is 9.94. The van der Waals surface area contributed by atoms with Gasteiger partial charge in [-0.05, 0) is 36.6 Å². The Morgan fingerprint density at radius 2 is 2.31 bits per heavy atom. The van der Waals surface area contributed by atoms with E-state index in [0.29, 0.717) is 47.4 Å². The molecule has 1 unspecified atom stereocenters. The molecule has 164 valence electrons. The number of nitrogens with zero attached hydrogens (tertiary/aromatic N) is 3. The third-order valence-electron chi connectivity index (χ3n) is 4.74. The van der Waals surface area contributed by atoms with Gasteiger partial charge in [-0.1, -0.05) is 0 Å². The molecule has 0 aliphatic heterocycles. The second-order valence-corrected chi connectivity index (χ2v) is 8.10. The van der Waals surface area contributed by atoms with E-state index in [1.165, 1.54) is 23.7 Å². The average molecular weight is 453 g/mol. The summed E-state index contributed by atoms with van der Waals surface area (Å²) in [5, 5.41) is 22.9. The third kappa shape index (κ3) is 5.04. The van der Waals surface area contributed by atoms with Crippen molar-refractivity contribution < 1.29 is 23.2 Å². The number of nitriles is 1. The summed E-state index contributed by atoms with van der Waals surface area (Å²) in [5.41, 5.74) is 1.35. The van der Waals surface area contributed by atoms with Gasteiger partial charge in [0.2, 0.25) is 17.7 Å². The molecule has 1 aliphatic rings. The number of ether oxygens (including phenoxy) is 1. The summed E-state index contributed by atoms with van der Waals surface area (Å²) in [5.74, 6) is 0.905. The van der Waals surface area contributed by atoms with Gasteiger partial charge >= 0.3 is 6.09 Å². The lowest BCUT2D eigenvalue weighted by Gasteiger charge is -2.22. The first-order valence-corrected chi connectivity index (χ1v) is 10.6. The van der Waals surface area contributed by atoms with Crippen LogP contribution in [0.3, 0.4) is 0 Å². The number of alkyl carbamates (subject to hydrolysis) is 1. The lowest BCUT2D eigenvalue weighted by molar-refractivity contribution is -0.111. The minimum atomic E-state index is -0.581. The predicted octanol–water partition coefficient (Wildman–Crippen LogP) is 3.34. The van der Waals surface area contributed by atoms with Crippen LogP contribution in [0.2, 0.25) is 0 Å². The number of amides is 2. The number of rotatable bonds is 6. The van der Waals surface area contributed by atoms with Gasteiger partial charge in [0.05, 0.1) is 18.4 Å². The first kappa shape index (κ1) is 21.3. The molecular weight excluding hydrogens is 434 g/mol. The highest BCUT2D eigenvalue weighted by Gasteiger charge is 2.28. The zero-order chi connectivity index (χ0) is 22.5. The Balaban J connectivity index is 1.35.